The van der Waals surface area contributed by atoms with Gasteiger partial charge in [0.15, 0.2) is 0 Å². The van der Waals surface area contributed by atoms with E-state index in [2.05, 4.69) is 36.6 Å². The van der Waals surface area contributed by atoms with Gasteiger partial charge in [-0.3, -0.25) is 4.79 Å². The van der Waals surface area contributed by atoms with Crippen molar-refractivity contribution in [3.8, 4) is 0 Å². The molecule has 82 valence electrons. The standard InChI is InChI=1S/C11H12Br2O2/c1-7-3-4-8(6-12)9(11(7)13)5-10(14)15-2/h3-4H,5-6H2,1-2H3. The first-order valence-corrected chi connectivity index (χ1v) is 6.41. The largest absolute Gasteiger partial charge is 0.469 e. The van der Waals surface area contributed by atoms with Crippen LogP contribution in [0.15, 0.2) is 16.6 Å². The lowest BCUT2D eigenvalue weighted by Gasteiger charge is -2.10. The van der Waals surface area contributed by atoms with Crippen LogP contribution in [-0.2, 0) is 21.3 Å². The van der Waals surface area contributed by atoms with E-state index in [9.17, 15) is 4.79 Å². The molecule has 0 bridgehead atoms. The molecule has 0 aliphatic rings. The molecule has 0 aliphatic heterocycles. The highest BCUT2D eigenvalue weighted by Crippen LogP contribution is 2.27. The summed E-state index contributed by atoms with van der Waals surface area (Å²) >= 11 is 6.91. The zero-order chi connectivity index (χ0) is 11.4. The summed E-state index contributed by atoms with van der Waals surface area (Å²) < 4.78 is 5.66. The molecule has 0 N–H and O–H groups in total. The Hall–Kier alpha value is -0.350. The van der Waals surface area contributed by atoms with E-state index in [4.69, 9.17) is 0 Å². The second kappa shape index (κ2) is 5.66. The average molecular weight is 336 g/mol. The molecule has 0 unspecified atom stereocenters. The normalized spacial score (nSPS) is 10.1. The number of ether oxygens (including phenoxy) is 1. The first kappa shape index (κ1) is 12.7. The van der Waals surface area contributed by atoms with Crippen LogP contribution in [0.2, 0.25) is 0 Å². The van der Waals surface area contributed by atoms with Gasteiger partial charge in [0.2, 0.25) is 0 Å². The second-order valence-electron chi connectivity index (χ2n) is 3.22. The Kier molecular flexibility index (Phi) is 4.80. The van der Waals surface area contributed by atoms with Crippen molar-refractivity contribution in [2.75, 3.05) is 7.11 Å². The smallest absolute Gasteiger partial charge is 0.310 e. The Labute approximate surface area is 106 Å². The number of esters is 1. The van der Waals surface area contributed by atoms with Crippen molar-refractivity contribution in [2.45, 2.75) is 18.7 Å². The maximum Gasteiger partial charge on any atom is 0.310 e. The van der Waals surface area contributed by atoms with Crippen molar-refractivity contribution >= 4 is 37.8 Å². The Morgan fingerprint density at radius 1 is 1.47 bits per heavy atom. The Morgan fingerprint density at radius 3 is 2.67 bits per heavy atom. The van der Waals surface area contributed by atoms with Gasteiger partial charge in [0.25, 0.3) is 0 Å². The fourth-order valence-corrected chi connectivity index (χ4v) is 2.36. The quantitative estimate of drug-likeness (QED) is 0.625. The molecule has 1 aromatic carbocycles. The van der Waals surface area contributed by atoms with Gasteiger partial charge < -0.3 is 4.74 Å². The first-order valence-electron chi connectivity index (χ1n) is 4.49. The predicted octanol–water partition coefficient (Wildman–Crippen LogP) is 3.37. The van der Waals surface area contributed by atoms with Crippen LogP contribution < -0.4 is 0 Å². The minimum atomic E-state index is -0.219. The van der Waals surface area contributed by atoms with E-state index in [0.29, 0.717) is 6.42 Å². The number of hydrogen-bond acceptors (Lipinski definition) is 2. The highest BCUT2D eigenvalue weighted by molar-refractivity contribution is 9.10. The number of alkyl halides is 1. The molecule has 0 aliphatic carbocycles. The van der Waals surface area contributed by atoms with Gasteiger partial charge in [-0.15, -0.1) is 0 Å². The van der Waals surface area contributed by atoms with Crippen molar-refractivity contribution in [3.63, 3.8) is 0 Å². The van der Waals surface area contributed by atoms with E-state index in [1.807, 2.05) is 19.1 Å². The average Bonchev–Trinajstić information content (AvgIpc) is 2.25. The van der Waals surface area contributed by atoms with Crippen LogP contribution in [-0.4, -0.2) is 13.1 Å². The summed E-state index contributed by atoms with van der Waals surface area (Å²) in [5.74, 6) is -0.219. The predicted molar refractivity (Wildman–Crippen MR) is 67.2 cm³/mol. The number of benzene rings is 1. The van der Waals surface area contributed by atoms with Crippen LogP contribution in [0.25, 0.3) is 0 Å². The Balaban J connectivity index is 3.12. The minimum Gasteiger partial charge on any atom is -0.469 e. The molecule has 0 aromatic heterocycles. The van der Waals surface area contributed by atoms with E-state index in [1.165, 1.54) is 7.11 Å². The molecule has 4 heteroatoms. The lowest BCUT2D eigenvalue weighted by molar-refractivity contribution is -0.139. The summed E-state index contributed by atoms with van der Waals surface area (Å²) in [5.41, 5.74) is 3.23. The topological polar surface area (TPSA) is 26.3 Å². The summed E-state index contributed by atoms with van der Waals surface area (Å²) in [7, 11) is 1.40. The number of methoxy groups -OCH3 is 1. The highest BCUT2D eigenvalue weighted by Gasteiger charge is 2.12. The van der Waals surface area contributed by atoms with Gasteiger partial charge in [-0.2, -0.15) is 0 Å². The third-order valence-electron chi connectivity index (χ3n) is 2.23. The van der Waals surface area contributed by atoms with Crippen LogP contribution in [0.3, 0.4) is 0 Å². The number of carbonyl (C=O) groups is 1. The molecular formula is C11H12Br2O2. The molecule has 1 rings (SSSR count). The van der Waals surface area contributed by atoms with E-state index in [0.717, 1.165) is 26.5 Å². The first-order chi connectivity index (χ1) is 7.10. The summed E-state index contributed by atoms with van der Waals surface area (Å²) in [4.78, 5) is 11.3. The second-order valence-corrected chi connectivity index (χ2v) is 4.57. The zero-order valence-corrected chi connectivity index (χ0v) is 11.8. The Morgan fingerprint density at radius 2 is 2.13 bits per heavy atom. The van der Waals surface area contributed by atoms with E-state index < -0.39 is 0 Å². The SMILES string of the molecule is COC(=O)Cc1c(CBr)ccc(C)c1Br. The molecule has 0 radical (unpaired) electrons. The summed E-state index contributed by atoms with van der Waals surface area (Å²) in [6, 6.07) is 4.05. The maximum absolute atomic E-state index is 11.3. The van der Waals surface area contributed by atoms with Crippen LogP contribution in [0.5, 0.6) is 0 Å². The van der Waals surface area contributed by atoms with Gasteiger partial charge in [0.1, 0.15) is 0 Å². The molecule has 0 saturated carbocycles. The number of halogens is 2. The summed E-state index contributed by atoms with van der Waals surface area (Å²) in [6.07, 6.45) is 0.305. The minimum absolute atomic E-state index is 0.219. The highest BCUT2D eigenvalue weighted by atomic mass is 79.9. The molecule has 2 nitrogen and oxygen atoms in total. The molecule has 0 atom stereocenters. The molecular weight excluding hydrogens is 324 g/mol. The maximum atomic E-state index is 11.3. The third-order valence-corrected chi connectivity index (χ3v) is 3.93. The molecule has 0 amide bonds. The Bertz CT molecular complexity index is 375. The summed E-state index contributed by atoms with van der Waals surface area (Å²) in [6.45, 7) is 2.00. The number of carbonyl (C=O) groups excluding carboxylic acids is 1. The lowest BCUT2D eigenvalue weighted by Crippen LogP contribution is -2.07. The number of hydrogen-bond donors (Lipinski definition) is 0. The van der Waals surface area contributed by atoms with Crippen molar-refractivity contribution in [3.05, 3.63) is 33.3 Å². The zero-order valence-electron chi connectivity index (χ0n) is 8.64. The van der Waals surface area contributed by atoms with Gasteiger partial charge in [-0.1, -0.05) is 44.0 Å². The van der Waals surface area contributed by atoms with Crippen molar-refractivity contribution in [1.29, 1.82) is 0 Å². The number of rotatable bonds is 3. The number of aryl methyl sites for hydroxylation is 1. The molecule has 0 spiro atoms. The molecule has 0 fully saturated rings. The van der Waals surface area contributed by atoms with Crippen molar-refractivity contribution < 1.29 is 9.53 Å². The van der Waals surface area contributed by atoms with E-state index >= 15 is 0 Å². The van der Waals surface area contributed by atoms with Gasteiger partial charge in [0, 0.05) is 9.80 Å². The van der Waals surface area contributed by atoms with Gasteiger partial charge in [0.05, 0.1) is 13.5 Å². The van der Waals surface area contributed by atoms with Crippen LogP contribution in [0.1, 0.15) is 16.7 Å². The van der Waals surface area contributed by atoms with Gasteiger partial charge in [-0.25, -0.2) is 0 Å². The summed E-state index contributed by atoms with van der Waals surface area (Å²) in [5, 5.41) is 0.734. The van der Waals surface area contributed by atoms with Crippen molar-refractivity contribution in [1.82, 2.24) is 0 Å². The van der Waals surface area contributed by atoms with E-state index in [1.54, 1.807) is 0 Å². The van der Waals surface area contributed by atoms with Crippen LogP contribution >= 0.6 is 31.9 Å². The molecule has 0 saturated heterocycles. The van der Waals surface area contributed by atoms with Crippen LogP contribution in [0, 0.1) is 6.92 Å². The molecule has 15 heavy (non-hydrogen) atoms. The van der Waals surface area contributed by atoms with Gasteiger partial charge >= 0.3 is 5.97 Å². The fourth-order valence-electron chi connectivity index (χ4n) is 1.31. The van der Waals surface area contributed by atoms with Gasteiger partial charge in [-0.05, 0) is 23.6 Å². The fraction of sp³-hybridized carbons (Fsp3) is 0.364. The van der Waals surface area contributed by atoms with Crippen LogP contribution in [0.4, 0.5) is 0 Å². The molecule has 0 heterocycles. The van der Waals surface area contributed by atoms with Crippen molar-refractivity contribution in [2.24, 2.45) is 0 Å². The third kappa shape index (κ3) is 3.05. The lowest BCUT2D eigenvalue weighted by atomic mass is 10.0. The van der Waals surface area contributed by atoms with E-state index in [-0.39, 0.29) is 5.97 Å². The monoisotopic (exact) mass is 334 g/mol. The molecule has 1 aromatic rings.